The van der Waals surface area contributed by atoms with E-state index in [1.807, 2.05) is 0 Å². The number of hydrogen-bond donors (Lipinski definition) is 1. The van der Waals surface area contributed by atoms with Crippen LogP contribution in [-0.4, -0.2) is 69.9 Å². The standard InChI is InChI=1S/C35H34F4N6O6/c1-43-32(42-45(34(43)47)26-9-4-5-10-29(26)51-35(37,38)39)33(46)41-22-11-12-28(24(36)19-22)50-27-13-14-40-25-21-31(30(48-2)20-23(25)27)49-18-8-17-44-15-6-3-7-16-44/h4-5,9-14,19-21H,3,6-8,15-18H2,1-2H3,(H,41,46). The Bertz CT molecular complexity index is 2090. The van der Waals surface area contributed by atoms with Gasteiger partial charge in [-0.2, -0.15) is 4.68 Å². The number of carbonyl (C=O) groups excluding carboxylic acids is 1. The van der Waals surface area contributed by atoms with Gasteiger partial charge in [0.2, 0.25) is 5.82 Å². The minimum atomic E-state index is -5.03. The second-order valence-electron chi connectivity index (χ2n) is 11.7. The second-order valence-corrected chi connectivity index (χ2v) is 11.7. The van der Waals surface area contributed by atoms with Crippen LogP contribution < -0.4 is 30.0 Å². The van der Waals surface area contributed by atoms with E-state index in [4.69, 9.17) is 14.2 Å². The van der Waals surface area contributed by atoms with E-state index < -0.39 is 35.4 Å². The molecule has 0 radical (unpaired) electrons. The number of pyridine rings is 1. The number of hydrogen-bond acceptors (Lipinski definition) is 9. The van der Waals surface area contributed by atoms with Crippen LogP contribution in [-0.2, 0) is 7.05 Å². The zero-order valence-corrected chi connectivity index (χ0v) is 27.7. The van der Waals surface area contributed by atoms with Gasteiger partial charge in [0.15, 0.2) is 28.8 Å². The summed E-state index contributed by atoms with van der Waals surface area (Å²) in [6, 6.07) is 13.6. The second kappa shape index (κ2) is 15.1. The van der Waals surface area contributed by atoms with Crippen LogP contribution in [0.5, 0.6) is 28.7 Å². The zero-order valence-electron chi connectivity index (χ0n) is 27.7. The van der Waals surface area contributed by atoms with Crippen molar-refractivity contribution >= 4 is 22.5 Å². The number of fused-ring (bicyclic) bond motifs is 1. The number of ether oxygens (including phenoxy) is 4. The zero-order chi connectivity index (χ0) is 36.1. The van der Waals surface area contributed by atoms with Gasteiger partial charge < -0.3 is 29.2 Å². The largest absolute Gasteiger partial charge is 0.573 e. The van der Waals surface area contributed by atoms with Crippen molar-refractivity contribution in [3.63, 3.8) is 0 Å². The van der Waals surface area contributed by atoms with Crippen LogP contribution >= 0.6 is 0 Å². The van der Waals surface area contributed by atoms with Gasteiger partial charge in [0.1, 0.15) is 11.4 Å². The summed E-state index contributed by atoms with van der Waals surface area (Å²) in [5.74, 6) is -1.77. The highest BCUT2D eigenvalue weighted by atomic mass is 19.4. The number of halogens is 4. The Hall–Kier alpha value is -5.64. The molecule has 16 heteroatoms. The van der Waals surface area contributed by atoms with Crippen LogP contribution in [0, 0.1) is 5.82 Å². The number of para-hydroxylation sites is 2. The number of nitrogens with one attached hydrogen (secondary N) is 1. The summed E-state index contributed by atoms with van der Waals surface area (Å²) in [7, 11) is 2.74. The third kappa shape index (κ3) is 8.23. The first kappa shape index (κ1) is 35.2. The van der Waals surface area contributed by atoms with E-state index in [9.17, 15) is 22.8 Å². The number of likely N-dealkylation sites (tertiary alicyclic amines) is 1. The molecule has 3 aromatic carbocycles. The topological polar surface area (TPSA) is 122 Å². The molecule has 0 spiro atoms. The molecular formula is C35H34F4N6O6. The van der Waals surface area contributed by atoms with E-state index in [0.29, 0.717) is 39.4 Å². The number of alkyl halides is 3. The summed E-state index contributed by atoms with van der Waals surface area (Å²) in [4.78, 5) is 32.8. The predicted octanol–water partition coefficient (Wildman–Crippen LogP) is 6.46. The average molecular weight is 711 g/mol. The third-order valence-corrected chi connectivity index (χ3v) is 8.22. The summed E-state index contributed by atoms with van der Waals surface area (Å²) < 4.78 is 77.1. The van der Waals surface area contributed by atoms with E-state index in [-0.39, 0.29) is 17.1 Å². The van der Waals surface area contributed by atoms with Crippen LogP contribution in [0.25, 0.3) is 16.6 Å². The molecular weight excluding hydrogens is 676 g/mol. The molecule has 1 aliphatic rings. The Morgan fingerprint density at radius 2 is 1.73 bits per heavy atom. The van der Waals surface area contributed by atoms with Gasteiger partial charge >= 0.3 is 12.1 Å². The van der Waals surface area contributed by atoms with Crippen molar-refractivity contribution < 1.29 is 41.3 Å². The Labute approximate surface area is 289 Å². The number of methoxy groups -OCH3 is 1. The van der Waals surface area contributed by atoms with Crippen molar-refractivity contribution in [2.45, 2.75) is 32.0 Å². The minimum absolute atomic E-state index is 0.00372. The molecule has 1 fully saturated rings. The number of benzene rings is 3. The lowest BCUT2D eigenvalue weighted by molar-refractivity contribution is -0.274. The maximum absolute atomic E-state index is 15.3. The first-order valence-electron chi connectivity index (χ1n) is 16.1. The van der Waals surface area contributed by atoms with Crippen LogP contribution in [0.4, 0.5) is 23.2 Å². The minimum Gasteiger partial charge on any atom is -0.493 e. The van der Waals surface area contributed by atoms with E-state index >= 15 is 4.39 Å². The first-order chi connectivity index (χ1) is 24.5. The maximum Gasteiger partial charge on any atom is 0.573 e. The molecule has 6 rings (SSSR count). The van der Waals surface area contributed by atoms with Crippen molar-refractivity contribution in [3.8, 4) is 34.4 Å². The molecule has 0 atom stereocenters. The fourth-order valence-electron chi connectivity index (χ4n) is 5.74. The fraction of sp³-hybridized carbons (Fsp3) is 0.314. The molecule has 5 aromatic rings. The highest BCUT2D eigenvalue weighted by Gasteiger charge is 2.33. The van der Waals surface area contributed by atoms with Crippen molar-refractivity contribution in [2.24, 2.45) is 7.05 Å². The van der Waals surface area contributed by atoms with Crippen LogP contribution in [0.1, 0.15) is 36.3 Å². The van der Waals surface area contributed by atoms with Gasteiger partial charge in [-0.15, -0.1) is 18.3 Å². The van der Waals surface area contributed by atoms with E-state index in [2.05, 4.69) is 25.0 Å². The van der Waals surface area contributed by atoms with Gasteiger partial charge in [-0.25, -0.2) is 9.18 Å². The number of aromatic nitrogens is 4. The van der Waals surface area contributed by atoms with Crippen molar-refractivity contribution in [3.05, 3.63) is 89.0 Å². The molecule has 51 heavy (non-hydrogen) atoms. The molecule has 0 unspecified atom stereocenters. The van der Waals surface area contributed by atoms with Crippen molar-refractivity contribution in [1.82, 2.24) is 24.2 Å². The third-order valence-electron chi connectivity index (χ3n) is 8.22. The molecule has 1 amide bonds. The smallest absolute Gasteiger partial charge is 0.493 e. The van der Waals surface area contributed by atoms with Crippen molar-refractivity contribution in [2.75, 3.05) is 38.7 Å². The highest BCUT2D eigenvalue weighted by Crippen LogP contribution is 2.38. The number of anilines is 1. The van der Waals surface area contributed by atoms with Gasteiger partial charge in [-0.1, -0.05) is 18.6 Å². The normalized spacial score (nSPS) is 13.6. The number of amides is 1. The first-order valence-corrected chi connectivity index (χ1v) is 16.1. The highest BCUT2D eigenvalue weighted by molar-refractivity contribution is 6.01. The van der Waals surface area contributed by atoms with Gasteiger partial charge in [-0.05, 0) is 68.8 Å². The quantitative estimate of drug-likeness (QED) is 0.115. The molecule has 1 N–H and O–H groups in total. The van der Waals surface area contributed by atoms with Crippen LogP contribution in [0.15, 0.2) is 71.7 Å². The monoisotopic (exact) mass is 710 g/mol. The average Bonchev–Trinajstić information content (AvgIpc) is 3.40. The number of rotatable bonds is 12. The Morgan fingerprint density at radius 3 is 2.47 bits per heavy atom. The Balaban J connectivity index is 1.15. The molecule has 12 nitrogen and oxygen atoms in total. The number of nitrogens with zero attached hydrogens (tertiary/aromatic N) is 5. The number of carbonyl (C=O) groups is 1. The molecule has 1 saturated heterocycles. The summed E-state index contributed by atoms with van der Waals surface area (Å²) in [5, 5.41) is 6.90. The summed E-state index contributed by atoms with van der Waals surface area (Å²) in [5.41, 5.74) is -0.714. The molecule has 0 aliphatic carbocycles. The van der Waals surface area contributed by atoms with Crippen molar-refractivity contribution in [1.29, 1.82) is 0 Å². The lowest BCUT2D eigenvalue weighted by atomic mass is 10.1. The SMILES string of the molecule is COc1cc2c(Oc3ccc(NC(=O)c4nn(-c5ccccc5OC(F)(F)F)c(=O)n4C)cc3F)ccnc2cc1OCCCN1CCCCC1. The van der Waals surface area contributed by atoms with Crippen LogP contribution in [0.3, 0.4) is 0 Å². The van der Waals surface area contributed by atoms with Crippen LogP contribution in [0.2, 0.25) is 0 Å². The molecule has 2 aromatic heterocycles. The van der Waals surface area contributed by atoms with Gasteiger partial charge in [0, 0.05) is 43.0 Å². The fourth-order valence-corrected chi connectivity index (χ4v) is 5.74. The maximum atomic E-state index is 15.3. The Kier molecular flexibility index (Phi) is 10.4. The molecule has 3 heterocycles. The van der Waals surface area contributed by atoms with Gasteiger partial charge in [0.05, 0.1) is 19.2 Å². The molecule has 1 aliphatic heterocycles. The van der Waals surface area contributed by atoms with E-state index in [0.717, 1.165) is 42.8 Å². The summed E-state index contributed by atoms with van der Waals surface area (Å²) in [6.45, 7) is 3.70. The molecule has 0 saturated carbocycles. The predicted molar refractivity (Wildman–Crippen MR) is 179 cm³/mol. The number of piperidine rings is 1. The van der Waals surface area contributed by atoms with E-state index in [1.54, 1.807) is 18.2 Å². The lowest BCUT2D eigenvalue weighted by Gasteiger charge is -2.26. The lowest BCUT2D eigenvalue weighted by Crippen LogP contribution is -2.31. The van der Waals surface area contributed by atoms with Gasteiger partial charge in [0.25, 0.3) is 5.91 Å². The Morgan fingerprint density at radius 1 is 0.941 bits per heavy atom. The van der Waals surface area contributed by atoms with Gasteiger partial charge in [-0.3, -0.25) is 14.3 Å². The summed E-state index contributed by atoms with van der Waals surface area (Å²) in [6.07, 6.45) is 1.09. The van der Waals surface area contributed by atoms with E-state index in [1.165, 1.54) is 69.9 Å². The molecule has 268 valence electrons. The molecule has 0 bridgehead atoms. The summed E-state index contributed by atoms with van der Waals surface area (Å²) >= 11 is 0.